The Hall–Kier alpha value is -3.86. The van der Waals surface area contributed by atoms with Crippen molar-refractivity contribution in [1.82, 2.24) is 24.8 Å². The molecule has 6 heterocycles. The number of benzene rings is 1. The molecule has 2 atom stereocenters. The van der Waals surface area contributed by atoms with Gasteiger partial charge >= 0.3 is 0 Å². The molecular weight excluding hydrogens is 572 g/mol. The van der Waals surface area contributed by atoms with Gasteiger partial charge in [0.05, 0.1) is 16.0 Å². The monoisotopic (exact) mass is 603 g/mol. The summed E-state index contributed by atoms with van der Waals surface area (Å²) < 4.78 is 33.8. The second kappa shape index (κ2) is 9.57. The molecule has 3 saturated heterocycles. The van der Waals surface area contributed by atoms with Crippen LogP contribution in [0.5, 0.6) is 0 Å². The van der Waals surface area contributed by atoms with Crippen molar-refractivity contribution >= 4 is 49.1 Å². The molecule has 0 spiro atoms. The molecule has 1 aromatic carbocycles. The number of anilines is 3. The molecule has 1 aliphatic carbocycles. The van der Waals surface area contributed by atoms with Crippen LogP contribution in [0.2, 0.25) is 0 Å². The molecule has 2 unspecified atom stereocenters. The van der Waals surface area contributed by atoms with Gasteiger partial charge in [0.15, 0.2) is 5.82 Å². The third-order valence-electron chi connectivity index (χ3n) is 9.46. The van der Waals surface area contributed by atoms with Gasteiger partial charge in [-0.3, -0.25) is 4.79 Å². The zero-order valence-corrected chi connectivity index (χ0v) is 24.7. The fourth-order valence-electron chi connectivity index (χ4n) is 6.95. The number of halogens is 2. The lowest BCUT2D eigenvalue weighted by Crippen LogP contribution is -2.58. The number of nitrogen functional groups attached to an aromatic ring is 1. The molecule has 2 bridgehead atoms. The standard InChI is InChI=1S/C30H31F2N9OS/c1-38(2)17-12-40(13-17)30-36-24-22(28(37-30)39-10-14-3-4-15(11-39)35-14)29(42)41(16-5-6-16)25(23(24)32)18-7-8-20(31)26-21(18)19(9-33)27(34)43-26/h7-8,14-17,35H,3-6,10-13,34H2,1-2H3. The molecule has 4 fully saturated rings. The highest BCUT2D eigenvalue weighted by atomic mass is 32.1. The molecular formula is C30H31F2N9OS. The minimum absolute atomic E-state index is 0.0186. The van der Waals surface area contributed by atoms with Crippen LogP contribution in [-0.4, -0.2) is 77.8 Å². The van der Waals surface area contributed by atoms with Crippen LogP contribution in [0.3, 0.4) is 0 Å². The number of likely N-dealkylation sites (N-methyl/N-ethyl adjacent to an activating group) is 1. The molecule has 0 amide bonds. The molecule has 4 aromatic rings. The number of nitrogens with zero attached hydrogens (tertiary/aromatic N) is 7. The number of nitrogens with two attached hydrogens (primary N) is 1. The first-order valence-corrected chi connectivity index (χ1v) is 15.5. The molecule has 1 saturated carbocycles. The van der Waals surface area contributed by atoms with Crippen molar-refractivity contribution < 1.29 is 8.78 Å². The maximum atomic E-state index is 17.2. The molecule has 43 heavy (non-hydrogen) atoms. The first kappa shape index (κ1) is 26.7. The summed E-state index contributed by atoms with van der Waals surface area (Å²) in [5.74, 6) is -0.359. The van der Waals surface area contributed by atoms with E-state index in [0.29, 0.717) is 56.8 Å². The van der Waals surface area contributed by atoms with Crippen molar-refractivity contribution in [2.75, 3.05) is 55.8 Å². The summed E-state index contributed by atoms with van der Waals surface area (Å²) in [6.45, 7) is 2.73. The molecule has 3 aromatic heterocycles. The maximum Gasteiger partial charge on any atom is 0.264 e. The van der Waals surface area contributed by atoms with Crippen LogP contribution in [0, 0.1) is 23.0 Å². The number of hydrogen-bond donors (Lipinski definition) is 2. The minimum Gasteiger partial charge on any atom is -0.389 e. The molecule has 3 N–H and O–H groups in total. The zero-order valence-electron chi connectivity index (χ0n) is 23.9. The fraction of sp³-hybridized carbons (Fsp3) is 0.467. The number of hydrogen-bond acceptors (Lipinski definition) is 10. The fourth-order valence-corrected chi connectivity index (χ4v) is 7.89. The van der Waals surface area contributed by atoms with Gasteiger partial charge in [-0.2, -0.15) is 10.2 Å². The van der Waals surface area contributed by atoms with Gasteiger partial charge in [0.2, 0.25) is 5.95 Å². The predicted octanol–water partition coefficient (Wildman–Crippen LogP) is 3.43. The Labute approximate surface area is 250 Å². The van der Waals surface area contributed by atoms with E-state index >= 15 is 4.39 Å². The highest BCUT2D eigenvalue weighted by Crippen LogP contribution is 2.46. The maximum absolute atomic E-state index is 17.2. The number of rotatable bonds is 5. The van der Waals surface area contributed by atoms with Crippen molar-refractivity contribution in [2.24, 2.45) is 0 Å². The van der Waals surface area contributed by atoms with E-state index in [4.69, 9.17) is 15.7 Å². The van der Waals surface area contributed by atoms with Crippen LogP contribution < -0.4 is 26.4 Å². The van der Waals surface area contributed by atoms with Gasteiger partial charge in [-0.25, -0.2) is 13.8 Å². The summed E-state index contributed by atoms with van der Waals surface area (Å²) in [5.41, 5.74) is 6.07. The van der Waals surface area contributed by atoms with Crippen molar-refractivity contribution in [2.45, 2.75) is 49.9 Å². The van der Waals surface area contributed by atoms with Crippen molar-refractivity contribution in [3.05, 3.63) is 39.7 Å². The lowest BCUT2D eigenvalue weighted by Gasteiger charge is -2.43. The molecule has 10 nitrogen and oxygen atoms in total. The lowest BCUT2D eigenvalue weighted by molar-refractivity contribution is 0.245. The molecule has 0 radical (unpaired) electrons. The van der Waals surface area contributed by atoms with E-state index in [9.17, 15) is 14.4 Å². The van der Waals surface area contributed by atoms with Crippen molar-refractivity contribution in [3.8, 4) is 17.3 Å². The van der Waals surface area contributed by atoms with E-state index in [-0.39, 0.29) is 66.5 Å². The average Bonchev–Trinajstić information content (AvgIpc) is 3.65. The first-order valence-electron chi connectivity index (χ1n) is 14.7. The summed E-state index contributed by atoms with van der Waals surface area (Å²) in [6.07, 6.45) is 3.52. The van der Waals surface area contributed by atoms with Gasteiger partial charge < -0.3 is 30.3 Å². The quantitative estimate of drug-likeness (QED) is 0.354. The second-order valence-corrected chi connectivity index (χ2v) is 13.5. The Balaban J connectivity index is 1.41. The molecule has 222 valence electrons. The summed E-state index contributed by atoms with van der Waals surface area (Å²) >= 11 is 0.951. The SMILES string of the molecule is CN(C)C1CN(c2nc(N3CC4CCC(C3)N4)c3c(=O)n(C4CC4)c(-c4ccc(F)c5sc(N)c(C#N)c45)c(F)c3n2)C1. The van der Waals surface area contributed by atoms with E-state index in [1.807, 2.05) is 19.0 Å². The summed E-state index contributed by atoms with van der Waals surface area (Å²) in [4.78, 5) is 30.5. The molecule has 8 rings (SSSR count). The van der Waals surface area contributed by atoms with E-state index in [1.54, 1.807) is 0 Å². The largest absolute Gasteiger partial charge is 0.389 e. The Kier molecular flexibility index (Phi) is 5.95. The van der Waals surface area contributed by atoms with Crippen LogP contribution in [0.1, 0.15) is 37.3 Å². The summed E-state index contributed by atoms with van der Waals surface area (Å²) in [6, 6.07) is 5.43. The normalized spacial score (nSPS) is 22.1. The topological polar surface area (TPSA) is 119 Å². The van der Waals surface area contributed by atoms with Gasteiger partial charge in [0, 0.05) is 61.3 Å². The van der Waals surface area contributed by atoms with Crippen molar-refractivity contribution in [3.63, 3.8) is 0 Å². The smallest absolute Gasteiger partial charge is 0.264 e. The van der Waals surface area contributed by atoms with Gasteiger partial charge in [0.25, 0.3) is 5.56 Å². The highest BCUT2D eigenvalue weighted by molar-refractivity contribution is 7.23. The van der Waals surface area contributed by atoms with Crippen LogP contribution >= 0.6 is 11.3 Å². The minimum atomic E-state index is -0.671. The Bertz CT molecular complexity index is 1910. The summed E-state index contributed by atoms with van der Waals surface area (Å²) in [7, 11) is 4.04. The van der Waals surface area contributed by atoms with Crippen molar-refractivity contribution in [1.29, 1.82) is 5.26 Å². The second-order valence-electron chi connectivity index (χ2n) is 12.5. The zero-order chi connectivity index (χ0) is 29.7. The number of pyridine rings is 1. The van der Waals surface area contributed by atoms with Crippen LogP contribution in [0.25, 0.3) is 32.2 Å². The number of thiophene rings is 1. The number of fused-ring (bicyclic) bond motifs is 4. The molecule has 4 aliphatic rings. The Morgan fingerprint density at radius 1 is 1.05 bits per heavy atom. The van der Waals surface area contributed by atoms with Crippen LogP contribution in [0.15, 0.2) is 16.9 Å². The van der Waals surface area contributed by atoms with Crippen LogP contribution in [-0.2, 0) is 0 Å². The highest BCUT2D eigenvalue weighted by Gasteiger charge is 2.39. The van der Waals surface area contributed by atoms with Gasteiger partial charge in [-0.1, -0.05) is 0 Å². The third kappa shape index (κ3) is 4.03. The van der Waals surface area contributed by atoms with E-state index in [2.05, 4.69) is 21.2 Å². The number of piperazine rings is 1. The third-order valence-corrected chi connectivity index (χ3v) is 10.5. The lowest BCUT2D eigenvalue weighted by atomic mass is 10.0. The van der Waals surface area contributed by atoms with Gasteiger partial charge in [0.1, 0.15) is 33.6 Å². The number of nitriles is 1. The number of nitrogens with one attached hydrogen (secondary N) is 1. The van der Waals surface area contributed by atoms with E-state index in [1.165, 1.54) is 16.7 Å². The Morgan fingerprint density at radius 2 is 1.77 bits per heavy atom. The van der Waals surface area contributed by atoms with Crippen LogP contribution in [0.4, 0.5) is 25.5 Å². The van der Waals surface area contributed by atoms with E-state index < -0.39 is 11.6 Å². The number of aromatic nitrogens is 3. The Morgan fingerprint density at radius 3 is 2.42 bits per heavy atom. The molecule has 3 aliphatic heterocycles. The molecule has 13 heteroatoms. The van der Waals surface area contributed by atoms with E-state index in [0.717, 1.165) is 24.2 Å². The van der Waals surface area contributed by atoms with Gasteiger partial charge in [-0.15, -0.1) is 11.3 Å². The van der Waals surface area contributed by atoms with Gasteiger partial charge in [-0.05, 0) is 51.9 Å². The first-order chi connectivity index (χ1) is 20.7. The predicted molar refractivity (Wildman–Crippen MR) is 164 cm³/mol. The summed E-state index contributed by atoms with van der Waals surface area (Å²) in [5, 5.41) is 14.1. The average molecular weight is 604 g/mol.